The minimum atomic E-state index is -0.622. The van der Waals surface area contributed by atoms with Gasteiger partial charge in [-0.2, -0.15) is 0 Å². The zero-order chi connectivity index (χ0) is 21.8. The summed E-state index contributed by atoms with van der Waals surface area (Å²) in [6.07, 6.45) is 1.38. The number of hydrogen-bond donors (Lipinski definition) is 0. The van der Waals surface area contributed by atoms with E-state index in [4.69, 9.17) is 9.47 Å². The molecule has 1 heterocycles. The molecule has 4 nitrogen and oxygen atoms in total. The van der Waals surface area contributed by atoms with Crippen LogP contribution in [0.1, 0.15) is 10.4 Å². The molecule has 6 heteroatoms. The lowest BCUT2D eigenvalue weighted by atomic mass is 9.96. The number of pyridine rings is 1. The van der Waals surface area contributed by atoms with Crippen molar-refractivity contribution >= 4 is 5.97 Å². The van der Waals surface area contributed by atoms with E-state index in [1.54, 1.807) is 54.6 Å². The van der Waals surface area contributed by atoms with Gasteiger partial charge in [0.1, 0.15) is 17.4 Å². The lowest BCUT2D eigenvalue weighted by Gasteiger charge is -2.11. The maximum Gasteiger partial charge on any atom is 0.343 e. The molecule has 154 valence electrons. The van der Waals surface area contributed by atoms with Gasteiger partial charge in [0.05, 0.1) is 18.9 Å². The van der Waals surface area contributed by atoms with Crippen molar-refractivity contribution < 1.29 is 23.0 Å². The van der Waals surface area contributed by atoms with Gasteiger partial charge in [-0.15, -0.1) is 0 Å². The molecule has 0 unspecified atom stereocenters. The fourth-order valence-electron chi connectivity index (χ4n) is 3.13. The summed E-state index contributed by atoms with van der Waals surface area (Å²) in [6.45, 7) is 0. The zero-order valence-electron chi connectivity index (χ0n) is 16.5. The van der Waals surface area contributed by atoms with E-state index in [0.29, 0.717) is 28.1 Å². The summed E-state index contributed by atoms with van der Waals surface area (Å²) < 4.78 is 38.0. The molecule has 0 saturated heterocycles. The van der Waals surface area contributed by atoms with E-state index in [2.05, 4.69) is 4.98 Å². The third kappa shape index (κ3) is 4.75. The van der Waals surface area contributed by atoms with Crippen molar-refractivity contribution in [3.63, 3.8) is 0 Å². The van der Waals surface area contributed by atoms with E-state index >= 15 is 0 Å². The van der Waals surface area contributed by atoms with E-state index in [-0.39, 0.29) is 11.3 Å². The molecular weight excluding hydrogens is 400 g/mol. The second-order valence-corrected chi connectivity index (χ2v) is 6.75. The van der Waals surface area contributed by atoms with Gasteiger partial charge in [0.15, 0.2) is 0 Å². The zero-order valence-corrected chi connectivity index (χ0v) is 16.5. The van der Waals surface area contributed by atoms with Crippen molar-refractivity contribution in [2.24, 2.45) is 0 Å². The Labute approximate surface area is 177 Å². The first-order valence-corrected chi connectivity index (χ1v) is 9.41. The number of carbonyl (C=O) groups excluding carboxylic acids is 1. The van der Waals surface area contributed by atoms with Crippen molar-refractivity contribution in [1.29, 1.82) is 0 Å². The van der Waals surface area contributed by atoms with Crippen LogP contribution in [-0.4, -0.2) is 18.1 Å². The molecule has 31 heavy (non-hydrogen) atoms. The number of nitrogens with zero attached hydrogens (tertiary/aromatic N) is 1. The van der Waals surface area contributed by atoms with Gasteiger partial charge in [0.2, 0.25) is 5.88 Å². The van der Waals surface area contributed by atoms with Gasteiger partial charge in [-0.3, -0.25) is 0 Å². The predicted molar refractivity (Wildman–Crippen MR) is 113 cm³/mol. The normalized spacial score (nSPS) is 10.5. The van der Waals surface area contributed by atoms with E-state index in [1.165, 1.54) is 37.6 Å². The number of hydrogen-bond acceptors (Lipinski definition) is 4. The summed E-state index contributed by atoms with van der Waals surface area (Å²) in [6, 6.07) is 20.2. The second kappa shape index (κ2) is 8.75. The highest BCUT2D eigenvalue weighted by Crippen LogP contribution is 2.30. The molecule has 0 aliphatic heterocycles. The Kier molecular flexibility index (Phi) is 5.71. The molecule has 4 rings (SSSR count). The number of aromatic nitrogens is 1. The monoisotopic (exact) mass is 417 g/mol. The molecule has 4 aromatic rings. The third-order valence-corrected chi connectivity index (χ3v) is 4.61. The molecule has 0 amide bonds. The SMILES string of the molecule is COc1ccc(OC(=O)c2cc(-c3cccc(F)c3)cc(-c3cccc(F)c3)c2)cn1. The number of halogens is 2. The first-order valence-electron chi connectivity index (χ1n) is 9.41. The van der Waals surface area contributed by atoms with Crippen LogP contribution in [-0.2, 0) is 0 Å². The maximum atomic E-state index is 13.8. The van der Waals surface area contributed by atoms with Crippen LogP contribution < -0.4 is 9.47 Å². The summed E-state index contributed by atoms with van der Waals surface area (Å²) in [5.41, 5.74) is 2.59. The van der Waals surface area contributed by atoms with Crippen molar-refractivity contribution in [2.75, 3.05) is 7.11 Å². The van der Waals surface area contributed by atoms with Crippen LogP contribution in [0, 0.1) is 11.6 Å². The molecular formula is C25H17F2NO3. The maximum absolute atomic E-state index is 13.8. The Morgan fingerprint density at radius 1 is 0.774 bits per heavy atom. The Bertz CT molecular complexity index is 1180. The highest BCUT2D eigenvalue weighted by molar-refractivity contribution is 5.94. The van der Waals surface area contributed by atoms with Crippen LogP contribution in [0.25, 0.3) is 22.3 Å². The molecule has 1 aromatic heterocycles. The van der Waals surface area contributed by atoms with Gasteiger partial charge in [-0.1, -0.05) is 24.3 Å². The standard InChI is InChI=1S/C25H17F2NO3/c1-30-24-9-8-23(15-28-24)31-25(29)20-11-18(16-4-2-6-21(26)13-16)10-19(12-20)17-5-3-7-22(27)14-17/h2-15H,1H3. The number of benzene rings is 3. The average molecular weight is 417 g/mol. The van der Waals surface area contributed by atoms with Crippen LogP contribution in [0.4, 0.5) is 8.78 Å². The summed E-state index contributed by atoms with van der Waals surface area (Å²) in [5.74, 6) is -0.789. The average Bonchev–Trinajstić information content (AvgIpc) is 2.79. The van der Waals surface area contributed by atoms with E-state index in [0.717, 1.165) is 0 Å². The van der Waals surface area contributed by atoms with Crippen LogP contribution in [0.15, 0.2) is 85.1 Å². The van der Waals surface area contributed by atoms with Crippen molar-refractivity contribution in [3.8, 4) is 33.9 Å². The number of esters is 1. The van der Waals surface area contributed by atoms with Gasteiger partial charge in [-0.05, 0) is 70.8 Å². The molecule has 0 bridgehead atoms. The van der Waals surface area contributed by atoms with Gasteiger partial charge in [0.25, 0.3) is 0 Å². The van der Waals surface area contributed by atoms with Gasteiger partial charge in [-0.25, -0.2) is 18.6 Å². The number of methoxy groups -OCH3 is 1. The lowest BCUT2D eigenvalue weighted by Crippen LogP contribution is -2.09. The molecule has 0 N–H and O–H groups in total. The summed E-state index contributed by atoms with van der Waals surface area (Å²) in [4.78, 5) is 16.9. The Hall–Kier alpha value is -4.06. The number of carbonyl (C=O) groups is 1. The van der Waals surface area contributed by atoms with Crippen molar-refractivity contribution in [1.82, 2.24) is 4.98 Å². The fraction of sp³-hybridized carbons (Fsp3) is 0.0400. The molecule has 0 saturated carbocycles. The van der Waals surface area contributed by atoms with Gasteiger partial charge >= 0.3 is 5.97 Å². The van der Waals surface area contributed by atoms with Crippen LogP contribution >= 0.6 is 0 Å². The molecule has 0 fully saturated rings. The molecule has 0 aliphatic rings. The first kappa shape index (κ1) is 20.2. The van der Waals surface area contributed by atoms with Crippen LogP contribution in [0.2, 0.25) is 0 Å². The largest absolute Gasteiger partial charge is 0.481 e. The summed E-state index contributed by atoms with van der Waals surface area (Å²) in [5, 5.41) is 0. The minimum Gasteiger partial charge on any atom is -0.481 e. The van der Waals surface area contributed by atoms with Crippen LogP contribution in [0.3, 0.4) is 0 Å². The number of ether oxygens (including phenoxy) is 2. The highest BCUT2D eigenvalue weighted by Gasteiger charge is 2.14. The van der Waals surface area contributed by atoms with E-state index < -0.39 is 17.6 Å². The van der Waals surface area contributed by atoms with E-state index in [1.807, 2.05) is 0 Å². The highest BCUT2D eigenvalue weighted by atomic mass is 19.1. The Morgan fingerprint density at radius 2 is 1.39 bits per heavy atom. The van der Waals surface area contributed by atoms with Gasteiger partial charge < -0.3 is 9.47 Å². The van der Waals surface area contributed by atoms with Crippen LogP contribution in [0.5, 0.6) is 11.6 Å². The smallest absolute Gasteiger partial charge is 0.343 e. The van der Waals surface area contributed by atoms with Gasteiger partial charge in [0, 0.05) is 6.07 Å². The molecule has 0 spiro atoms. The predicted octanol–water partition coefficient (Wildman–Crippen LogP) is 5.92. The summed E-state index contributed by atoms with van der Waals surface area (Å²) in [7, 11) is 1.49. The molecule has 0 atom stereocenters. The minimum absolute atomic E-state index is 0.233. The Morgan fingerprint density at radius 3 is 1.87 bits per heavy atom. The molecule has 0 radical (unpaired) electrons. The van der Waals surface area contributed by atoms with Crippen molar-refractivity contribution in [3.05, 3.63) is 102 Å². The molecule has 0 aliphatic carbocycles. The lowest BCUT2D eigenvalue weighted by molar-refractivity contribution is 0.0734. The quantitative estimate of drug-likeness (QED) is 0.378. The third-order valence-electron chi connectivity index (χ3n) is 4.61. The van der Waals surface area contributed by atoms with E-state index in [9.17, 15) is 13.6 Å². The summed E-state index contributed by atoms with van der Waals surface area (Å²) >= 11 is 0. The molecule has 3 aromatic carbocycles. The first-order chi connectivity index (χ1) is 15.0. The topological polar surface area (TPSA) is 48.4 Å². The second-order valence-electron chi connectivity index (χ2n) is 6.75. The van der Waals surface area contributed by atoms with Crippen molar-refractivity contribution in [2.45, 2.75) is 0 Å². The fourth-order valence-corrected chi connectivity index (χ4v) is 3.13. The number of rotatable bonds is 5. The Balaban J connectivity index is 1.75.